The van der Waals surface area contributed by atoms with E-state index < -0.39 is 0 Å². The van der Waals surface area contributed by atoms with E-state index in [1.54, 1.807) is 17.8 Å². The molecule has 0 bridgehead atoms. The number of nitrogens with zero attached hydrogens (tertiary/aromatic N) is 1. The van der Waals surface area contributed by atoms with Crippen molar-refractivity contribution in [2.24, 2.45) is 10.7 Å². The first-order chi connectivity index (χ1) is 8.59. The third kappa shape index (κ3) is 2.32. The van der Waals surface area contributed by atoms with Crippen molar-refractivity contribution < 1.29 is 9.53 Å². The highest BCUT2D eigenvalue weighted by molar-refractivity contribution is 8.32. The lowest BCUT2D eigenvalue weighted by Crippen LogP contribution is -2.25. The summed E-state index contributed by atoms with van der Waals surface area (Å²) in [5, 5.41) is 0. The molecule has 2 N–H and O–H groups in total. The number of primary amides is 1. The van der Waals surface area contributed by atoms with Gasteiger partial charge in [-0.05, 0) is 12.1 Å². The summed E-state index contributed by atoms with van der Waals surface area (Å²) in [5.41, 5.74) is 5.01. The lowest BCUT2D eigenvalue weighted by molar-refractivity contribution is 0.100. The van der Waals surface area contributed by atoms with E-state index in [2.05, 4.69) is 17.6 Å². The van der Waals surface area contributed by atoms with Crippen molar-refractivity contribution in [2.75, 3.05) is 12.4 Å². The van der Waals surface area contributed by atoms with Gasteiger partial charge >= 0.3 is 0 Å². The van der Waals surface area contributed by atoms with Crippen LogP contribution in [0.1, 0.15) is 21.0 Å². The Morgan fingerprint density at radius 1 is 1.67 bits per heavy atom. The van der Waals surface area contributed by atoms with E-state index in [9.17, 15) is 4.79 Å². The number of thioether (sulfide) groups is 1. The normalized spacial score (nSPS) is 30.3. The third-order valence-corrected chi connectivity index (χ3v) is 5.78. The smallest absolute Gasteiger partial charge is 0.258 e. The molecule has 3 heterocycles. The Kier molecular flexibility index (Phi) is 3.17. The predicted molar refractivity (Wildman–Crippen MR) is 77.8 cm³/mol. The average Bonchev–Trinajstić information content (AvgIpc) is 2.85. The highest BCUT2D eigenvalue weighted by atomic mass is 32.2. The van der Waals surface area contributed by atoms with Crippen LogP contribution in [0.4, 0.5) is 0 Å². The van der Waals surface area contributed by atoms with Crippen molar-refractivity contribution in [1.29, 1.82) is 0 Å². The summed E-state index contributed by atoms with van der Waals surface area (Å²) < 4.78 is 6.11. The summed E-state index contributed by atoms with van der Waals surface area (Å²) >= 11 is 7.39. The largest absolute Gasteiger partial charge is 0.373 e. The molecule has 1 aromatic heterocycles. The number of amides is 1. The molecular weight excluding hydrogens is 288 g/mol. The fourth-order valence-electron chi connectivity index (χ4n) is 2.05. The quantitative estimate of drug-likeness (QED) is 0.659. The van der Waals surface area contributed by atoms with Gasteiger partial charge in [-0.15, -0.1) is 24.0 Å². The van der Waals surface area contributed by atoms with Gasteiger partial charge in [-0.25, -0.2) is 0 Å². The van der Waals surface area contributed by atoms with Gasteiger partial charge in [0, 0.05) is 17.1 Å². The molecule has 0 aromatic carbocycles. The summed E-state index contributed by atoms with van der Waals surface area (Å²) in [6, 6.07) is 3.72. The molecular formula is C11H12N2O2S3. The van der Waals surface area contributed by atoms with E-state index >= 15 is 0 Å². The number of rotatable bonds is 4. The zero-order valence-electron chi connectivity index (χ0n) is 9.46. The minimum absolute atomic E-state index is 0.285. The lowest BCUT2D eigenvalue weighted by atomic mass is 9.94. The molecule has 7 heteroatoms. The number of aliphatic imine (C=N–C) groups is 1. The zero-order chi connectivity index (χ0) is 12.8. The van der Waals surface area contributed by atoms with Crippen LogP contribution in [0.15, 0.2) is 17.1 Å². The van der Waals surface area contributed by atoms with Crippen molar-refractivity contribution in [3.63, 3.8) is 0 Å². The molecule has 2 atom stereocenters. The lowest BCUT2D eigenvalue weighted by Gasteiger charge is -2.22. The first kappa shape index (κ1) is 12.5. The first-order valence-electron chi connectivity index (χ1n) is 5.52. The number of hydrogen-bond donors (Lipinski definition) is 2. The molecule has 0 aliphatic carbocycles. The zero-order valence-corrected chi connectivity index (χ0v) is 12.0. The maximum atomic E-state index is 11.2. The SMILES string of the molecule is NC(=O)c1ccc(C2(CC3CO3)CSC(S)=N2)s1. The molecule has 1 fully saturated rings. The van der Waals surface area contributed by atoms with Crippen LogP contribution < -0.4 is 5.73 Å². The number of thiol groups is 1. The average molecular weight is 300 g/mol. The number of epoxide rings is 1. The summed E-state index contributed by atoms with van der Waals surface area (Å²) in [5.74, 6) is 0.467. The molecule has 18 heavy (non-hydrogen) atoms. The van der Waals surface area contributed by atoms with Gasteiger partial charge in [0.05, 0.1) is 17.6 Å². The molecule has 1 aromatic rings. The summed E-state index contributed by atoms with van der Waals surface area (Å²) in [4.78, 5) is 17.5. The van der Waals surface area contributed by atoms with Crippen molar-refractivity contribution >= 4 is 46.0 Å². The number of nitrogens with two attached hydrogens (primary N) is 1. The van der Waals surface area contributed by atoms with Gasteiger partial charge in [0.1, 0.15) is 9.91 Å². The van der Waals surface area contributed by atoms with Crippen LogP contribution in [-0.2, 0) is 10.3 Å². The van der Waals surface area contributed by atoms with Crippen LogP contribution in [0, 0.1) is 0 Å². The second-order valence-corrected chi connectivity index (χ2v) is 7.18. The number of thiophene rings is 1. The predicted octanol–water partition coefficient (Wildman–Crippen LogP) is 1.86. The second kappa shape index (κ2) is 4.56. The standard InChI is InChI=1S/C11H12N2O2S3/c12-9(14)7-1-2-8(18-7)11(3-6-4-15-6)5-17-10(16)13-11/h1-2,6H,3-5H2,(H2,12,14)(H,13,16). The van der Waals surface area contributed by atoms with Gasteiger partial charge in [0.2, 0.25) is 0 Å². The van der Waals surface area contributed by atoms with Gasteiger partial charge in [-0.2, -0.15) is 0 Å². The van der Waals surface area contributed by atoms with Crippen LogP contribution >= 0.6 is 35.7 Å². The number of hydrogen-bond acceptors (Lipinski definition) is 5. The third-order valence-electron chi connectivity index (χ3n) is 3.02. The van der Waals surface area contributed by atoms with Crippen molar-refractivity contribution in [1.82, 2.24) is 0 Å². The summed E-state index contributed by atoms with van der Waals surface area (Å²) in [6.45, 7) is 0.803. The molecule has 0 saturated carbocycles. The number of carbonyl (C=O) groups is 1. The van der Waals surface area contributed by atoms with Crippen molar-refractivity contribution in [3.05, 3.63) is 21.9 Å². The molecule has 1 saturated heterocycles. The van der Waals surface area contributed by atoms with Crippen molar-refractivity contribution in [2.45, 2.75) is 18.1 Å². The highest BCUT2D eigenvalue weighted by Gasteiger charge is 2.43. The van der Waals surface area contributed by atoms with Gasteiger partial charge < -0.3 is 10.5 Å². The molecule has 0 radical (unpaired) electrons. The highest BCUT2D eigenvalue weighted by Crippen LogP contribution is 2.45. The Balaban J connectivity index is 1.94. The van der Waals surface area contributed by atoms with Gasteiger partial charge in [0.25, 0.3) is 5.91 Å². The molecule has 0 spiro atoms. The molecule has 4 nitrogen and oxygen atoms in total. The Morgan fingerprint density at radius 3 is 2.94 bits per heavy atom. The summed E-state index contributed by atoms with van der Waals surface area (Å²) in [6.07, 6.45) is 1.13. The van der Waals surface area contributed by atoms with E-state index in [0.29, 0.717) is 4.88 Å². The minimum atomic E-state index is -0.384. The van der Waals surface area contributed by atoms with Crippen LogP contribution in [0.25, 0.3) is 0 Å². The van der Waals surface area contributed by atoms with Crippen molar-refractivity contribution in [3.8, 4) is 0 Å². The first-order valence-corrected chi connectivity index (χ1v) is 7.77. The molecule has 2 unspecified atom stereocenters. The van der Waals surface area contributed by atoms with E-state index in [-0.39, 0.29) is 17.6 Å². The Bertz CT molecular complexity index is 524. The van der Waals surface area contributed by atoms with Crippen LogP contribution in [0.5, 0.6) is 0 Å². The van der Waals surface area contributed by atoms with E-state index in [1.807, 2.05) is 6.07 Å². The molecule has 2 aliphatic rings. The molecule has 1 amide bonds. The molecule has 2 aliphatic heterocycles. The Morgan fingerprint density at radius 2 is 2.44 bits per heavy atom. The van der Waals surface area contributed by atoms with E-state index in [1.165, 1.54) is 11.3 Å². The van der Waals surface area contributed by atoms with Crippen LogP contribution in [0.2, 0.25) is 0 Å². The van der Waals surface area contributed by atoms with Crippen LogP contribution in [0.3, 0.4) is 0 Å². The Hall–Kier alpha value is -0.500. The van der Waals surface area contributed by atoms with Crippen LogP contribution in [-0.4, -0.2) is 28.7 Å². The minimum Gasteiger partial charge on any atom is -0.373 e. The maximum absolute atomic E-state index is 11.2. The summed E-state index contributed by atoms with van der Waals surface area (Å²) in [7, 11) is 0. The van der Waals surface area contributed by atoms with Gasteiger partial charge in [-0.1, -0.05) is 11.8 Å². The molecule has 3 rings (SSSR count). The van der Waals surface area contributed by atoms with E-state index in [4.69, 9.17) is 10.5 Å². The van der Waals surface area contributed by atoms with Gasteiger partial charge in [-0.3, -0.25) is 9.79 Å². The maximum Gasteiger partial charge on any atom is 0.258 e. The molecule has 96 valence electrons. The number of carbonyl (C=O) groups excluding carboxylic acids is 1. The topological polar surface area (TPSA) is 68.0 Å². The monoisotopic (exact) mass is 300 g/mol. The second-order valence-electron chi connectivity index (χ2n) is 4.40. The number of ether oxygens (including phenoxy) is 1. The van der Waals surface area contributed by atoms with Gasteiger partial charge in [0.15, 0.2) is 0 Å². The fourth-order valence-corrected chi connectivity index (χ4v) is 4.47. The fraction of sp³-hybridized carbons (Fsp3) is 0.455. The Labute approximate surface area is 118 Å². The van der Waals surface area contributed by atoms with E-state index in [0.717, 1.165) is 28.0 Å².